The standard InChI is InChI=1S/C16H16O2/c1-17-15-10-6-9-14(16(15)18-2)12-11-13-7-4-3-5-8-13/h3-12H,1-2H3/b12-11-. The summed E-state index contributed by atoms with van der Waals surface area (Å²) < 4.78 is 10.6. The van der Waals surface area contributed by atoms with Crippen molar-refractivity contribution in [1.29, 1.82) is 0 Å². The summed E-state index contributed by atoms with van der Waals surface area (Å²) in [4.78, 5) is 0. The summed E-state index contributed by atoms with van der Waals surface area (Å²) in [6.45, 7) is 0. The van der Waals surface area contributed by atoms with E-state index in [1.54, 1.807) is 14.2 Å². The van der Waals surface area contributed by atoms with Crippen LogP contribution < -0.4 is 9.47 Å². The Morgan fingerprint density at radius 3 is 2.22 bits per heavy atom. The van der Waals surface area contributed by atoms with E-state index in [2.05, 4.69) is 18.2 Å². The van der Waals surface area contributed by atoms with Crippen LogP contribution >= 0.6 is 0 Å². The SMILES string of the molecule is COc1cccc(/C=C\c2ccccc2)c1OC. The van der Waals surface area contributed by atoms with E-state index in [0.29, 0.717) is 0 Å². The van der Waals surface area contributed by atoms with Gasteiger partial charge in [-0.05, 0) is 11.6 Å². The first-order valence-electron chi connectivity index (χ1n) is 5.79. The van der Waals surface area contributed by atoms with E-state index in [1.165, 1.54) is 0 Å². The molecule has 0 aromatic heterocycles. The highest BCUT2D eigenvalue weighted by Gasteiger charge is 2.06. The monoisotopic (exact) mass is 240 g/mol. The summed E-state index contributed by atoms with van der Waals surface area (Å²) >= 11 is 0. The predicted octanol–water partition coefficient (Wildman–Crippen LogP) is 3.87. The minimum absolute atomic E-state index is 0.743. The highest BCUT2D eigenvalue weighted by Crippen LogP contribution is 2.31. The molecule has 0 saturated carbocycles. The van der Waals surface area contributed by atoms with E-state index in [1.807, 2.05) is 42.5 Å². The van der Waals surface area contributed by atoms with Crippen LogP contribution in [-0.2, 0) is 0 Å². The Morgan fingerprint density at radius 1 is 0.778 bits per heavy atom. The van der Waals surface area contributed by atoms with Gasteiger partial charge in [-0.3, -0.25) is 0 Å². The highest BCUT2D eigenvalue weighted by atomic mass is 16.5. The minimum Gasteiger partial charge on any atom is -0.493 e. The molecule has 18 heavy (non-hydrogen) atoms. The van der Waals surface area contributed by atoms with Crippen molar-refractivity contribution in [2.75, 3.05) is 14.2 Å². The molecule has 0 aliphatic rings. The maximum absolute atomic E-state index is 5.38. The molecule has 0 aliphatic carbocycles. The van der Waals surface area contributed by atoms with E-state index in [0.717, 1.165) is 22.6 Å². The molecule has 0 radical (unpaired) electrons. The molecule has 0 aliphatic heterocycles. The average Bonchev–Trinajstić information content (AvgIpc) is 2.45. The average molecular weight is 240 g/mol. The van der Waals surface area contributed by atoms with Gasteiger partial charge in [-0.15, -0.1) is 0 Å². The minimum atomic E-state index is 0.743. The Bertz CT molecular complexity index is 530. The van der Waals surface area contributed by atoms with E-state index in [-0.39, 0.29) is 0 Å². The van der Waals surface area contributed by atoms with Crippen molar-refractivity contribution >= 4 is 12.2 Å². The Balaban J connectivity index is 2.32. The van der Waals surface area contributed by atoms with Crippen LogP contribution in [0.15, 0.2) is 48.5 Å². The molecule has 0 bridgehead atoms. The largest absolute Gasteiger partial charge is 0.493 e. The second kappa shape index (κ2) is 5.92. The molecule has 2 aromatic carbocycles. The van der Waals surface area contributed by atoms with Crippen molar-refractivity contribution < 1.29 is 9.47 Å². The van der Waals surface area contributed by atoms with Crippen LogP contribution in [0.2, 0.25) is 0 Å². The Hall–Kier alpha value is -2.22. The van der Waals surface area contributed by atoms with Gasteiger partial charge < -0.3 is 9.47 Å². The molecule has 0 atom stereocenters. The third kappa shape index (κ3) is 2.72. The lowest BCUT2D eigenvalue weighted by Crippen LogP contribution is -1.92. The Labute approximate surface area is 107 Å². The van der Waals surface area contributed by atoms with Crippen LogP contribution in [0.1, 0.15) is 11.1 Å². The zero-order valence-corrected chi connectivity index (χ0v) is 10.6. The molecule has 0 heterocycles. The van der Waals surface area contributed by atoms with E-state index >= 15 is 0 Å². The predicted molar refractivity (Wildman–Crippen MR) is 74.9 cm³/mol. The summed E-state index contributed by atoms with van der Waals surface area (Å²) in [5, 5.41) is 0. The van der Waals surface area contributed by atoms with Gasteiger partial charge in [0.1, 0.15) is 0 Å². The van der Waals surface area contributed by atoms with E-state index in [9.17, 15) is 0 Å². The Kier molecular flexibility index (Phi) is 4.02. The van der Waals surface area contributed by atoms with Gasteiger partial charge in [-0.1, -0.05) is 54.6 Å². The number of ether oxygens (including phenoxy) is 2. The molecule has 2 nitrogen and oxygen atoms in total. The topological polar surface area (TPSA) is 18.5 Å². The normalized spacial score (nSPS) is 10.6. The fourth-order valence-corrected chi connectivity index (χ4v) is 1.79. The molecule has 0 unspecified atom stereocenters. The van der Waals surface area contributed by atoms with Gasteiger partial charge in [0.25, 0.3) is 0 Å². The summed E-state index contributed by atoms with van der Waals surface area (Å²) in [6, 6.07) is 16.0. The first-order chi connectivity index (χ1) is 8.85. The number of hydrogen-bond acceptors (Lipinski definition) is 2. The summed E-state index contributed by atoms with van der Waals surface area (Å²) in [7, 11) is 3.29. The smallest absolute Gasteiger partial charge is 0.167 e. The van der Waals surface area contributed by atoms with Gasteiger partial charge in [0.15, 0.2) is 11.5 Å². The fourth-order valence-electron chi connectivity index (χ4n) is 1.79. The van der Waals surface area contributed by atoms with Gasteiger partial charge in [0.2, 0.25) is 0 Å². The van der Waals surface area contributed by atoms with Crippen molar-refractivity contribution in [1.82, 2.24) is 0 Å². The lowest BCUT2D eigenvalue weighted by molar-refractivity contribution is 0.354. The van der Waals surface area contributed by atoms with Crippen LogP contribution in [0.4, 0.5) is 0 Å². The molecule has 0 fully saturated rings. The van der Waals surface area contributed by atoms with Gasteiger partial charge >= 0.3 is 0 Å². The molecule has 0 spiro atoms. The zero-order chi connectivity index (χ0) is 12.8. The van der Waals surface area contributed by atoms with E-state index < -0.39 is 0 Å². The van der Waals surface area contributed by atoms with Crippen molar-refractivity contribution in [3.05, 3.63) is 59.7 Å². The molecule has 2 rings (SSSR count). The lowest BCUT2D eigenvalue weighted by Gasteiger charge is -2.09. The van der Waals surface area contributed by atoms with Crippen LogP contribution in [0.25, 0.3) is 12.2 Å². The number of methoxy groups -OCH3 is 2. The molecule has 0 saturated heterocycles. The van der Waals surface area contributed by atoms with Crippen molar-refractivity contribution in [3.63, 3.8) is 0 Å². The second-order valence-corrected chi connectivity index (χ2v) is 3.83. The second-order valence-electron chi connectivity index (χ2n) is 3.83. The summed E-state index contributed by atoms with van der Waals surface area (Å²) in [6.07, 6.45) is 4.08. The fraction of sp³-hybridized carbons (Fsp3) is 0.125. The number of benzene rings is 2. The maximum atomic E-state index is 5.38. The number of para-hydroxylation sites is 1. The number of hydrogen-bond donors (Lipinski definition) is 0. The zero-order valence-electron chi connectivity index (χ0n) is 10.6. The molecule has 2 heteroatoms. The van der Waals surface area contributed by atoms with E-state index in [4.69, 9.17) is 9.47 Å². The molecule has 2 aromatic rings. The summed E-state index contributed by atoms with van der Waals surface area (Å²) in [5.41, 5.74) is 2.16. The summed E-state index contributed by atoms with van der Waals surface area (Å²) in [5.74, 6) is 1.50. The first-order valence-corrected chi connectivity index (χ1v) is 5.79. The van der Waals surface area contributed by atoms with Crippen LogP contribution in [0.5, 0.6) is 11.5 Å². The number of rotatable bonds is 4. The highest BCUT2D eigenvalue weighted by molar-refractivity contribution is 5.74. The Morgan fingerprint density at radius 2 is 1.56 bits per heavy atom. The molecular weight excluding hydrogens is 224 g/mol. The van der Waals surface area contributed by atoms with Gasteiger partial charge in [0, 0.05) is 5.56 Å². The first kappa shape index (κ1) is 12.2. The van der Waals surface area contributed by atoms with Gasteiger partial charge in [0.05, 0.1) is 14.2 Å². The van der Waals surface area contributed by atoms with Crippen molar-refractivity contribution in [2.45, 2.75) is 0 Å². The van der Waals surface area contributed by atoms with Gasteiger partial charge in [-0.25, -0.2) is 0 Å². The van der Waals surface area contributed by atoms with Crippen molar-refractivity contribution in [2.24, 2.45) is 0 Å². The third-order valence-electron chi connectivity index (χ3n) is 2.69. The van der Waals surface area contributed by atoms with Crippen molar-refractivity contribution in [3.8, 4) is 11.5 Å². The van der Waals surface area contributed by atoms with Gasteiger partial charge in [-0.2, -0.15) is 0 Å². The molecule has 0 amide bonds. The third-order valence-corrected chi connectivity index (χ3v) is 2.69. The van der Waals surface area contributed by atoms with Crippen LogP contribution in [-0.4, -0.2) is 14.2 Å². The van der Waals surface area contributed by atoms with Crippen LogP contribution in [0.3, 0.4) is 0 Å². The molecular formula is C16H16O2. The maximum Gasteiger partial charge on any atom is 0.167 e. The lowest BCUT2D eigenvalue weighted by atomic mass is 10.1. The van der Waals surface area contributed by atoms with Crippen LogP contribution in [0, 0.1) is 0 Å². The molecule has 0 N–H and O–H groups in total. The quantitative estimate of drug-likeness (QED) is 0.755. The molecule has 92 valence electrons.